The maximum Gasteiger partial charge on any atom is 0.326 e. The van der Waals surface area contributed by atoms with E-state index in [1.165, 1.54) is 0 Å². The van der Waals surface area contributed by atoms with Crippen molar-refractivity contribution in [3.63, 3.8) is 0 Å². The highest BCUT2D eigenvalue weighted by atomic mass is 32.2. The average molecular weight is 292 g/mol. The molecule has 0 aromatic heterocycles. The fourth-order valence-corrected chi connectivity index (χ4v) is 3.29. The summed E-state index contributed by atoms with van der Waals surface area (Å²) in [7, 11) is -3.46. The fraction of sp³-hybridized carbons (Fsp3) is 0.818. The van der Waals surface area contributed by atoms with Gasteiger partial charge in [-0.25, -0.2) is 13.2 Å². The van der Waals surface area contributed by atoms with Crippen molar-refractivity contribution >= 4 is 21.9 Å². The van der Waals surface area contributed by atoms with Crippen LogP contribution >= 0.6 is 0 Å². The largest absolute Gasteiger partial charge is 0.480 e. The van der Waals surface area contributed by atoms with E-state index in [0.29, 0.717) is 19.4 Å². The van der Waals surface area contributed by atoms with Gasteiger partial charge in [0.2, 0.25) is 15.9 Å². The zero-order chi connectivity index (χ0) is 14.6. The van der Waals surface area contributed by atoms with Crippen molar-refractivity contribution in [3.05, 3.63) is 0 Å². The van der Waals surface area contributed by atoms with E-state index in [-0.39, 0.29) is 6.42 Å². The Hall–Kier alpha value is -1.15. The molecular formula is C11H20N2O5S. The van der Waals surface area contributed by atoms with E-state index in [0.717, 1.165) is 17.0 Å². The zero-order valence-corrected chi connectivity index (χ0v) is 11.9. The molecule has 1 heterocycles. The van der Waals surface area contributed by atoms with Crippen molar-refractivity contribution in [2.45, 2.75) is 44.7 Å². The third kappa shape index (κ3) is 4.17. The highest BCUT2D eigenvalue weighted by molar-refractivity contribution is 7.88. The van der Waals surface area contributed by atoms with Gasteiger partial charge in [0.15, 0.2) is 0 Å². The Labute approximate surface area is 113 Å². The molecule has 1 fully saturated rings. The van der Waals surface area contributed by atoms with Crippen LogP contribution in [0.5, 0.6) is 0 Å². The number of nitrogens with zero attached hydrogens (tertiary/aromatic N) is 1. The number of carboxylic acid groups (broad SMARTS) is 1. The van der Waals surface area contributed by atoms with Crippen molar-refractivity contribution in [2.24, 2.45) is 0 Å². The van der Waals surface area contributed by atoms with Gasteiger partial charge in [-0.2, -0.15) is 4.31 Å². The lowest BCUT2D eigenvalue weighted by atomic mass is 10.0. The van der Waals surface area contributed by atoms with Gasteiger partial charge in [0.25, 0.3) is 0 Å². The number of aliphatic carboxylic acids is 1. The maximum atomic E-state index is 12.0. The van der Waals surface area contributed by atoms with Crippen LogP contribution in [0.15, 0.2) is 0 Å². The molecule has 0 bridgehead atoms. The molecule has 7 nitrogen and oxygen atoms in total. The van der Waals surface area contributed by atoms with Crippen LogP contribution in [0.25, 0.3) is 0 Å². The van der Waals surface area contributed by atoms with E-state index >= 15 is 0 Å². The SMILES string of the molecule is CC[C@@H](NC(=O)C1CCCCN1S(C)(=O)=O)C(=O)O. The summed E-state index contributed by atoms with van der Waals surface area (Å²) in [5.41, 5.74) is 0. The van der Waals surface area contributed by atoms with E-state index < -0.39 is 34.0 Å². The monoisotopic (exact) mass is 292 g/mol. The first-order chi connectivity index (χ1) is 8.77. The van der Waals surface area contributed by atoms with E-state index in [1.807, 2.05) is 0 Å². The van der Waals surface area contributed by atoms with E-state index in [4.69, 9.17) is 5.11 Å². The minimum Gasteiger partial charge on any atom is -0.480 e. The van der Waals surface area contributed by atoms with E-state index in [1.54, 1.807) is 6.92 Å². The molecule has 2 N–H and O–H groups in total. The van der Waals surface area contributed by atoms with Crippen LogP contribution in [0.3, 0.4) is 0 Å². The van der Waals surface area contributed by atoms with Crippen LogP contribution in [0.1, 0.15) is 32.6 Å². The van der Waals surface area contributed by atoms with Gasteiger partial charge >= 0.3 is 5.97 Å². The highest BCUT2D eigenvalue weighted by Gasteiger charge is 2.35. The molecule has 1 unspecified atom stereocenters. The molecule has 0 aromatic carbocycles. The number of rotatable bonds is 5. The Kier molecular flexibility index (Phi) is 5.30. The molecule has 0 aliphatic carbocycles. The first-order valence-corrected chi connectivity index (χ1v) is 8.12. The molecule has 1 aliphatic heterocycles. The molecule has 0 aromatic rings. The smallest absolute Gasteiger partial charge is 0.326 e. The number of carbonyl (C=O) groups is 2. The molecular weight excluding hydrogens is 272 g/mol. The Balaban J connectivity index is 2.81. The predicted octanol–water partition coefficient (Wildman–Crippen LogP) is -0.220. The Morgan fingerprint density at radius 3 is 2.53 bits per heavy atom. The van der Waals surface area contributed by atoms with Crippen molar-refractivity contribution in [1.29, 1.82) is 0 Å². The lowest BCUT2D eigenvalue weighted by molar-refractivity contribution is -0.142. The molecule has 1 saturated heterocycles. The second-order valence-electron chi connectivity index (χ2n) is 4.69. The summed E-state index contributed by atoms with van der Waals surface area (Å²) in [6.07, 6.45) is 3.22. The average Bonchev–Trinajstić information content (AvgIpc) is 2.34. The van der Waals surface area contributed by atoms with Gasteiger partial charge < -0.3 is 10.4 Å². The summed E-state index contributed by atoms with van der Waals surface area (Å²) in [6, 6.07) is -1.77. The van der Waals surface area contributed by atoms with Crippen LogP contribution < -0.4 is 5.32 Å². The number of hydrogen-bond donors (Lipinski definition) is 2. The normalized spacial score (nSPS) is 22.7. The standard InChI is InChI=1S/C11H20N2O5S/c1-3-8(11(15)16)12-10(14)9-6-4-5-7-13(9)19(2,17)18/h8-9H,3-7H2,1-2H3,(H,12,14)(H,15,16)/t8-,9?/m1/s1. The van der Waals surface area contributed by atoms with Crippen LogP contribution in [-0.2, 0) is 19.6 Å². The molecule has 1 rings (SSSR count). The fourth-order valence-electron chi connectivity index (χ4n) is 2.17. The number of piperidine rings is 1. The molecule has 2 atom stereocenters. The lowest BCUT2D eigenvalue weighted by Crippen LogP contribution is -2.54. The third-order valence-electron chi connectivity index (χ3n) is 3.21. The van der Waals surface area contributed by atoms with Crippen LogP contribution in [0.4, 0.5) is 0 Å². The van der Waals surface area contributed by atoms with E-state index in [2.05, 4.69) is 5.32 Å². The van der Waals surface area contributed by atoms with Crippen LogP contribution in [-0.4, -0.2) is 54.6 Å². The number of amides is 1. The number of nitrogens with one attached hydrogen (secondary N) is 1. The minimum absolute atomic E-state index is 0.257. The van der Waals surface area contributed by atoms with Gasteiger partial charge in [0.1, 0.15) is 12.1 Å². The van der Waals surface area contributed by atoms with Gasteiger partial charge in [0, 0.05) is 6.54 Å². The van der Waals surface area contributed by atoms with Gasteiger partial charge in [0.05, 0.1) is 6.26 Å². The molecule has 19 heavy (non-hydrogen) atoms. The minimum atomic E-state index is -3.46. The van der Waals surface area contributed by atoms with Gasteiger partial charge in [-0.15, -0.1) is 0 Å². The summed E-state index contributed by atoms with van der Waals surface area (Å²) < 4.78 is 24.4. The first-order valence-electron chi connectivity index (χ1n) is 6.27. The predicted molar refractivity (Wildman–Crippen MR) is 69.0 cm³/mol. The summed E-state index contributed by atoms with van der Waals surface area (Å²) in [4.78, 5) is 22.9. The number of carboxylic acids is 1. The molecule has 0 radical (unpaired) electrons. The molecule has 0 saturated carbocycles. The molecule has 1 aliphatic rings. The summed E-state index contributed by atoms with van der Waals surface area (Å²) in [5, 5.41) is 11.3. The summed E-state index contributed by atoms with van der Waals surface area (Å²) in [6.45, 7) is 1.95. The number of carbonyl (C=O) groups excluding carboxylic acids is 1. The zero-order valence-electron chi connectivity index (χ0n) is 11.1. The van der Waals surface area contributed by atoms with E-state index in [9.17, 15) is 18.0 Å². The van der Waals surface area contributed by atoms with Crippen LogP contribution in [0.2, 0.25) is 0 Å². The highest BCUT2D eigenvalue weighted by Crippen LogP contribution is 2.20. The summed E-state index contributed by atoms with van der Waals surface area (Å²) in [5.74, 6) is -1.64. The second kappa shape index (κ2) is 6.33. The van der Waals surface area contributed by atoms with Gasteiger partial charge in [-0.05, 0) is 19.3 Å². The molecule has 0 spiro atoms. The Bertz CT molecular complexity index is 448. The first kappa shape index (κ1) is 15.9. The maximum absolute atomic E-state index is 12.0. The third-order valence-corrected chi connectivity index (χ3v) is 4.49. The molecule has 1 amide bonds. The van der Waals surface area contributed by atoms with Crippen molar-refractivity contribution in [1.82, 2.24) is 9.62 Å². The molecule has 8 heteroatoms. The summed E-state index contributed by atoms with van der Waals surface area (Å²) >= 11 is 0. The Morgan fingerprint density at radius 1 is 1.42 bits per heavy atom. The topological polar surface area (TPSA) is 104 Å². The van der Waals surface area contributed by atoms with Crippen molar-refractivity contribution in [3.8, 4) is 0 Å². The Morgan fingerprint density at radius 2 is 2.05 bits per heavy atom. The lowest BCUT2D eigenvalue weighted by Gasteiger charge is -2.33. The molecule has 110 valence electrons. The van der Waals surface area contributed by atoms with Crippen molar-refractivity contribution in [2.75, 3.05) is 12.8 Å². The van der Waals surface area contributed by atoms with Gasteiger partial charge in [-0.3, -0.25) is 4.79 Å². The van der Waals surface area contributed by atoms with Crippen molar-refractivity contribution < 1.29 is 23.1 Å². The number of sulfonamides is 1. The van der Waals surface area contributed by atoms with Crippen LogP contribution in [0, 0.1) is 0 Å². The number of hydrogen-bond acceptors (Lipinski definition) is 4. The van der Waals surface area contributed by atoms with Gasteiger partial charge in [-0.1, -0.05) is 13.3 Å². The quantitative estimate of drug-likeness (QED) is 0.729. The second-order valence-corrected chi connectivity index (χ2v) is 6.63.